The number of sulfonamides is 1. The lowest BCUT2D eigenvalue weighted by Gasteiger charge is -2.22. The molecule has 0 heterocycles. The standard InChI is InChI=1S/C21H38N2O4S/c1-5-23(16-8-6-7-15-21(2,3)25)17-9-10-20(24)18-11-13-19(14-12-18)22-28(4,26)27/h11-14,20,22,24-25H,5-10,15-17H2,1-4H3. The molecule has 3 N–H and O–H groups in total. The van der Waals surface area contributed by atoms with Gasteiger partial charge in [0.25, 0.3) is 0 Å². The molecule has 0 saturated heterocycles. The van der Waals surface area contributed by atoms with Crippen LogP contribution in [0.25, 0.3) is 0 Å². The smallest absolute Gasteiger partial charge is 0.229 e. The van der Waals surface area contributed by atoms with Gasteiger partial charge in [0, 0.05) is 5.69 Å². The summed E-state index contributed by atoms with van der Waals surface area (Å²) in [5.74, 6) is 0. The molecule has 28 heavy (non-hydrogen) atoms. The molecule has 0 aliphatic heterocycles. The van der Waals surface area contributed by atoms with Gasteiger partial charge in [-0.25, -0.2) is 8.42 Å². The van der Waals surface area contributed by atoms with Crippen LogP contribution in [0, 0.1) is 0 Å². The number of rotatable bonds is 14. The third-order valence-electron chi connectivity index (χ3n) is 4.76. The van der Waals surface area contributed by atoms with Gasteiger partial charge in [0.15, 0.2) is 0 Å². The maximum absolute atomic E-state index is 11.2. The fraction of sp³-hybridized carbons (Fsp3) is 0.714. The van der Waals surface area contributed by atoms with Gasteiger partial charge in [-0.2, -0.15) is 0 Å². The average molecular weight is 415 g/mol. The van der Waals surface area contributed by atoms with Crippen LogP contribution in [0.3, 0.4) is 0 Å². The van der Waals surface area contributed by atoms with E-state index in [4.69, 9.17) is 0 Å². The zero-order valence-corrected chi connectivity index (χ0v) is 18.6. The molecule has 0 fully saturated rings. The van der Waals surface area contributed by atoms with Crippen LogP contribution in [0.2, 0.25) is 0 Å². The van der Waals surface area contributed by atoms with E-state index in [0.29, 0.717) is 12.1 Å². The van der Waals surface area contributed by atoms with Crippen molar-refractivity contribution in [1.82, 2.24) is 4.90 Å². The summed E-state index contributed by atoms with van der Waals surface area (Å²) < 4.78 is 24.9. The molecular weight excluding hydrogens is 376 g/mol. The fourth-order valence-electron chi connectivity index (χ4n) is 3.16. The van der Waals surface area contributed by atoms with E-state index >= 15 is 0 Å². The van der Waals surface area contributed by atoms with Gasteiger partial charge in [-0.05, 0) is 76.9 Å². The minimum Gasteiger partial charge on any atom is -0.390 e. The van der Waals surface area contributed by atoms with Crippen LogP contribution in [0.5, 0.6) is 0 Å². The first kappa shape index (κ1) is 24.9. The summed E-state index contributed by atoms with van der Waals surface area (Å²) in [7, 11) is -3.29. The zero-order valence-electron chi connectivity index (χ0n) is 17.8. The van der Waals surface area contributed by atoms with E-state index in [0.717, 1.165) is 63.6 Å². The van der Waals surface area contributed by atoms with E-state index in [-0.39, 0.29) is 0 Å². The second-order valence-electron chi connectivity index (χ2n) is 8.21. The summed E-state index contributed by atoms with van der Waals surface area (Å²) >= 11 is 0. The van der Waals surface area contributed by atoms with Crippen molar-refractivity contribution in [3.05, 3.63) is 29.8 Å². The SMILES string of the molecule is CCN(CCCCCC(C)(C)O)CCCC(O)c1ccc(NS(C)(=O)=O)cc1. The number of nitrogens with one attached hydrogen (secondary N) is 1. The lowest BCUT2D eigenvalue weighted by atomic mass is 10.0. The molecule has 1 atom stereocenters. The highest BCUT2D eigenvalue weighted by molar-refractivity contribution is 7.92. The first-order chi connectivity index (χ1) is 13.0. The van der Waals surface area contributed by atoms with Gasteiger partial charge in [0.1, 0.15) is 0 Å². The predicted molar refractivity (Wildman–Crippen MR) is 116 cm³/mol. The first-order valence-electron chi connectivity index (χ1n) is 10.2. The molecule has 0 radical (unpaired) electrons. The molecule has 1 aromatic carbocycles. The van der Waals surface area contributed by atoms with Gasteiger partial charge in [-0.15, -0.1) is 0 Å². The maximum atomic E-state index is 11.2. The van der Waals surface area contributed by atoms with Crippen molar-refractivity contribution in [2.75, 3.05) is 30.6 Å². The molecule has 7 heteroatoms. The van der Waals surface area contributed by atoms with Crippen molar-refractivity contribution in [3.8, 4) is 0 Å². The number of benzene rings is 1. The van der Waals surface area contributed by atoms with Gasteiger partial charge in [0.05, 0.1) is 18.0 Å². The first-order valence-corrected chi connectivity index (χ1v) is 12.1. The van der Waals surface area contributed by atoms with E-state index in [1.165, 1.54) is 0 Å². The topological polar surface area (TPSA) is 89.9 Å². The number of anilines is 1. The van der Waals surface area contributed by atoms with E-state index in [1.54, 1.807) is 24.3 Å². The average Bonchev–Trinajstić information content (AvgIpc) is 2.58. The number of aliphatic hydroxyl groups is 2. The molecule has 162 valence electrons. The number of hydrogen-bond donors (Lipinski definition) is 3. The van der Waals surface area contributed by atoms with E-state index < -0.39 is 21.7 Å². The zero-order chi connectivity index (χ0) is 21.2. The highest BCUT2D eigenvalue weighted by Gasteiger charge is 2.12. The molecule has 6 nitrogen and oxygen atoms in total. The fourth-order valence-corrected chi connectivity index (χ4v) is 3.72. The summed E-state index contributed by atoms with van der Waals surface area (Å²) in [5, 5.41) is 20.1. The molecular formula is C21H38N2O4S. The largest absolute Gasteiger partial charge is 0.390 e. The maximum Gasteiger partial charge on any atom is 0.229 e. The van der Waals surface area contributed by atoms with Crippen LogP contribution in [0.15, 0.2) is 24.3 Å². The van der Waals surface area contributed by atoms with Gasteiger partial charge in [0.2, 0.25) is 10.0 Å². The molecule has 0 bridgehead atoms. The Kier molecular flexibility index (Phi) is 10.4. The minimum absolute atomic E-state index is 0.500. The molecule has 1 rings (SSSR count). The van der Waals surface area contributed by atoms with Crippen LogP contribution < -0.4 is 4.72 Å². The molecule has 0 amide bonds. The summed E-state index contributed by atoms with van der Waals surface area (Å²) in [5.41, 5.74) is 0.730. The highest BCUT2D eigenvalue weighted by atomic mass is 32.2. The van der Waals surface area contributed by atoms with Crippen molar-refractivity contribution in [2.45, 2.75) is 71.0 Å². The number of hydrogen-bond acceptors (Lipinski definition) is 5. The van der Waals surface area contributed by atoms with E-state index in [2.05, 4.69) is 16.5 Å². The predicted octanol–water partition coefficient (Wildman–Crippen LogP) is 3.52. The monoisotopic (exact) mass is 414 g/mol. The third-order valence-corrected chi connectivity index (χ3v) is 5.37. The second-order valence-corrected chi connectivity index (χ2v) is 9.96. The summed E-state index contributed by atoms with van der Waals surface area (Å²) in [6, 6.07) is 6.87. The van der Waals surface area contributed by atoms with Gasteiger partial charge < -0.3 is 15.1 Å². The van der Waals surface area contributed by atoms with E-state index in [1.807, 2.05) is 13.8 Å². The molecule has 0 aliphatic rings. The Balaban J connectivity index is 2.30. The molecule has 0 spiro atoms. The molecule has 0 aliphatic carbocycles. The normalized spacial score (nSPS) is 13.7. The van der Waals surface area contributed by atoms with Crippen molar-refractivity contribution < 1.29 is 18.6 Å². The summed E-state index contributed by atoms with van der Waals surface area (Å²) in [6.45, 7) is 8.85. The minimum atomic E-state index is -3.29. The van der Waals surface area contributed by atoms with E-state index in [9.17, 15) is 18.6 Å². The Morgan fingerprint density at radius 2 is 1.68 bits per heavy atom. The van der Waals surface area contributed by atoms with Crippen LogP contribution in [0.4, 0.5) is 5.69 Å². The van der Waals surface area contributed by atoms with Gasteiger partial charge in [-0.3, -0.25) is 4.72 Å². The highest BCUT2D eigenvalue weighted by Crippen LogP contribution is 2.21. The van der Waals surface area contributed by atoms with Crippen LogP contribution in [0.1, 0.15) is 71.0 Å². The number of aliphatic hydroxyl groups excluding tert-OH is 1. The molecule has 0 aromatic heterocycles. The Morgan fingerprint density at radius 3 is 2.21 bits per heavy atom. The van der Waals surface area contributed by atoms with Crippen molar-refractivity contribution in [2.24, 2.45) is 0 Å². The van der Waals surface area contributed by atoms with Crippen LogP contribution in [-0.2, 0) is 10.0 Å². The number of unbranched alkanes of at least 4 members (excludes halogenated alkanes) is 2. The summed E-state index contributed by atoms with van der Waals surface area (Å²) in [6.07, 6.45) is 6.28. The van der Waals surface area contributed by atoms with Gasteiger partial charge in [-0.1, -0.05) is 31.9 Å². The van der Waals surface area contributed by atoms with Crippen molar-refractivity contribution >= 4 is 15.7 Å². The number of nitrogens with zero attached hydrogens (tertiary/aromatic N) is 1. The molecule has 1 unspecified atom stereocenters. The Labute approximate surface area is 171 Å². The van der Waals surface area contributed by atoms with Crippen LogP contribution >= 0.6 is 0 Å². The lowest BCUT2D eigenvalue weighted by molar-refractivity contribution is 0.0678. The summed E-state index contributed by atoms with van der Waals surface area (Å²) in [4.78, 5) is 2.40. The molecule has 0 saturated carbocycles. The van der Waals surface area contributed by atoms with Gasteiger partial charge >= 0.3 is 0 Å². The Morgan fingerprint density at radius 1 is 1.07 bits per heavy atom. The quantitative estimate of drug-likeness (QED) is 0.405. The van der Waals surface area contributed by atoms with Crippen molar-refractivity contribution in [3.63, 3.8) is 0 Å². The Bertz CT molecular complexity index is 654. The molecule has 1 aromatic rings. The Hall–Kier alpha value is -1.15. The van der Waals surface area contributed by atoms with Crippen LogP contribution in [-0.4, -0.2) is 55.0 Å². The second kappa shape index (κ2) is 11.8. The lowest BCUT2D eigenvalue weighted by Crippen LogP contribution is -2.26. The van der Waals surface area contributed by atoms with Crippen molar-refractivity contribution in [1.29, 1.82) is 0 Å². The third kappa shape index (κ3) is 11.6.